The van der Waals surface area contributed by atoms with Crippen LogP contribution in [-0.2, 0) is 9.53 Å². The molecule has 0 aliphatic heterocycles. The third kappa shape index (κ3) is 5.35. The molecule has 2 aromatic rings. The lowest BCUT2D eigenvalue weighted by Gasteiger charge is -2.31. The van der Waals surface area contributed by atoms with Crippen molar-refractivity contribution in [3.63, 3.8) is 0 Å². The predicted octanol–water partition coefficient (Wildman–Crippen LogP) is 5.96. The Balaban J connectivity index is 2.30. The highest BCUT2D eigenvalue weighted by Gasteiger charge is 2.36. The van der Waals surface area contributed by atoms with E-state index in [2.05, 4.69) is 38.1 Å². The van der Waals surface area contributed by atoms with Gasteiger partial charge in [-0.05, 0) is 68.2 Å². The summed E-state index contributed by atoms with van der Waals surface area (Å²) < 4.78 is 5.09. The van der Waals surface area contributed by atoms with Crippen LogP contribution in [0.25, 0.3) is 0 Å². The van der Waals surface area contributed by atoms with Crippen molar-refractivity contribution in [2.45, 2.75) is 58.8 Å². The standard InChI is InChI=1S/C24H32O3/c1-6-24(4,23(26)27-5)16-21(20-11-13-22(25)14-12-20)15-18(3)19-9-7-17(2)8-10-19/h7-14,18,21,25H,6,15-16H2,1-5H3. The summed E-state index contributed by atoms with van der Waals surface area (Å²) in [5, 5.41) is 9.66. The summed E-state index contributed by atoms with van der Waals surface area (Å²) >= 11 is 0. The van der Waals surface area contributed by atoms with E-state index in [4.69, 9.17) is 4.74 Å². The second-order valence-electron chi connectivity index (χ2n) is 7.95. The topological polar surface area (TPSA) is 46.5 Å². The van der Waals surface area contributed by atoms with Gasteiger partial charge >= 0.3 is 5.97 Å². The number of esters is 1. The van der Waals surface area contributed by atoms with Crippen molar-refractivity contribution in [3.8, 4) is 5.75 Å². The molecule has 0 fully saturated rings. The zero-order valence-corrected chi connectivity index (χ0v) is 17.2. The molecule has 0 radical (unpaired) electrons. The van der Waals surface area contributed by atoms with Crippen LogP contribution in [0.15, 0.2) is 48.5 Å². The van der Waals surface area contributed by atoms with Gasteiger partial charge in [-0.1, -0.05) is 55.8 Å². The van der Waals surface area contributed by atoms with E-state index >= 15 is 0 Å². The highest BCUT2D eigenvalue weighted by molar-refractivity contribution is 5.76. The molecule has 146 valence electrons. The first kappa shape index (κ1) is 21.0. The molecule has 0 heterocycles. The van der Waals surface area contributed by atoms with E-state index in [0.29, 0.717) is 5.92 Å². The van der Waals surface area contributed by atoms with Gasteiger partial charge in [0.15, 0.2) is 0 Å². The van der Waals surface area contributed by atoms with Crippen molar-refractivity contribution < 1.29 is 14.6 Å². The maximum absolute atomic E-state index is 12.4. The Morgan fingerprint density at radius 1 is 1.07 bits per heavy atom. The van der Waals surface area contributed by atoms with Crippen molar-refractivity contribution in [3.05, 3.63) is 65.2 Å². The van der Waals surface area contributed by atoms with Gasteiger partial charge in [-0.25, -0.2) is 0 Å². The molecule has 0 aliphatic carbocycles. The van der Waals surface area contributed by atoms with Gasteiger partial charge in [0, 0.05) is 0 Å². The molecule has 0 saturated carbocycles. The molecule has 1 N–H and O–H groups in total. The number of benzene rings is 2. The number of carbonyl (C=O) groups excluding carboxylic acids is 1. The van der Waals surface area contributed by atoms with Gasteiger partial charge in [0.05, 0.1) is 12.5 Å². The van der Waals surface area contributed by atoms with Gasteiger partial charge in [-0.3, -0.25) is 4.79 Å². The highest BCUT2D eigenvalue weighted by atomic mass is 16.5. The number of hydrogen-bond acceptors (Lipinski definition) is 3. The van der Waals surface area contributed by atoms with Crippen LogP contribution in [0.3, 0.4) is 0 Å². The average Bonchev–Trinajstić information content (AvgIpc) is 2.67. The Labute approximate surface area is 163 Å². The number of ether oxygens (including phenoxy) is 1. The third-order valence-corrected chi connectivity index (χ3v) is 5.80. The molecular weight excluding hydrogens is 336 g/mol. The van der Waals surface area contributed by atoms with Crippen LogP contribution in [0.5, 0.6) is 5.75 Å². The maximum atomic E-state index is 12.4. The monoisotopic (exact) mass is 368 g/mol. The lowest BCUT2D eigenvalue weighted by molar-refractivity contribution is -0.152. The molecule has 0 aliphatic rings. The lowest BCUT2D eigenvalue weighted by atomic mass is 9.73. The van der Waals surface area contributed by atoms with Crippen molar-refractivity contribution in [2.75, 3.05) is 7.11 Å². The fraction of sp³-hybridized carbons (Fsp3) is 0.458. The van der Waals surface area contributed by atoms with E-state index in [1.807, 2.05) is 26.0 Å². The summed E-state index contributed by atoms with van der Waals surface area (Å²) in [4.78, 5) is 12.4. The van der Waals surface area contributed by atoms with Crippen LogP contribution in [0.1, 0.15) is 68.6 Å². The molecule has 2 rings (SSSR count). The minimum atomic E-state index is -0.524. The molecule has 3 unspecified atom stereocenters. The number of phenolic OH excluding ortho intramolecular Hbond substituents is 1. The van der Waals surface area contributed by atoms with E-state index in [1.165, 1.54) is 18.2 Å². The molecule has 3 nitrogen and oxygen atoms in total. The molecular formula is C24H32O3. The van der Waals surface area contributed by atoms with Gasteiger partial charge < -0.3 is 9.84 Å². The Bertz CT molecular complexity index is 733. The van der Waals surface area contributed by atoms with Crippen LogP contribution < -0.4 is 0 Å². The SMILES string of the molecule is CCC(C)(CC(CC(C)c1ccc(C)cc1)c1ccc(O)cc1)C(=O)OC. The number of phenols is 1. The second kappa shape index (κ2) is 9.07. The first-order valence-corrected chi connectivity index (χ1v) is 9.73. The fourth-order valence-electron chi connectivity index (χ4n) is 3.70. The van der Waals surface area contributed by atoms with Gasteiger partial charge in [0.25, 0.3) is 0 Å². The van der Waals surface area contributed by atoms with E-state index in [9.17, 15) is 9.90 Å². The van der Waals surface area contributed by atoms with E-state index in [0.717, 1.165) is 24.8 Å². The van der Waals surface area contributed by atoms with E-state index in [-0.39, 0.29) is 17.6 Å². The lowest BCUT2D eigenvalue weighted by Crippen LogP contribution is -2.30. The summed E-state index contributed by atoms with van der Waals surface area (Å²) in [7, 11) is 1.46. The van der Waals surface area contributed by atoms with Gasteiger partial charge in [0.1, 0.15) is 5.75 Å². The molecule has 0 bridgehead atoms. The average molecular weight is 369 g/mol. The Morgan fingerprint density at radius 2 is 1.63 bits per heavy atom. The number of rotatable bonds is 8. The first-order chi connectivity index (χ1) is 12.8. The predicted molar refractivity (Wildman–Crippen MR) is 110 cm³/mol. The Morgan fingerprint density at radius 3 is 2.15 bits per heavy atom. The normalized spacial score (nSPS) is 15.6. The second-order valence-corrected chi connectivity index (χ2v) is 7.95. The number of methoxy groups -OCH3 is 1. The number of hydrogen-bond donors (Lipinski definition) is 1. The number of aryl methyl sites for hydroxylation is 1. The fourth-order valence-corrected chi connectivity index (χ4v) is 3.70. The first-order valence-electron chi connectivity index (χ1n) is 9.73. The Hall–Kier alpha value is -2.29. The summed E-state index contributed by atoms with van der Waals surface area (Å²) in [6, 6.07) is 16.0. The van der Waals surface area contributed by atoms with Crippen molar-refractivity contribution in [1.29, 1.82) is 0 Å². The molecule has 3 atom stereocenters. The molecule has 2 aromatic carbocycles. The molecule has 3 heteroatoms. The summed E-state index contributed by atoms with van der Waals surface area (Å²) in [5.74, 6) is 0.668. The minimum absolute atomic E-state index is 0.156. The van der Waals surface area contributed by atoms with Crippen LogP contribution in [0.4, 0.5) is 0 Å². The van der Waals surface area contributed by atoms with Gasteiger partial charge in [-0.2, -0.15) is 0 Å². The van der Waals surface area contributed by atoms with Crippen LogP contribution in [0, 0.1) is 12.3 Å². The zero-order chi connectivity index (χ0) is 20.0. The van der Waals surface area contributed by atoms with Crippen LogP contribution in [-0.4, -0.2) is 18.2 Å². The minimum Gasteiger partial charge on any atom is -0.508 e. The van der Waals surface area contributed by atoms with Gasteiger partial charge in [-0.15, -0.1) is 0 Å². The largest absolute Gasteiger partial charge is 0.508 e. The summed E-state index contributed by atoms with van der Waals surface area (Å²) in [6.45, 7) is 8.35. The molecule has 27 heavy (non-hydrogen) atoms. The molecule has 0 saturated heterocycles. The smallest absolute Gasteiger partial charge is 0.311 e. The zero-order valence-electron chi connectivity index (χ0n) is 17.2. The summed E-state index contributed by atoms with van der Waals surface area (Å²) in [6.07, 6.45) is 2.38. The molecule has 0 amide bonds. The Kier molecular flexibility index (Phi) is 7.06. The molecule has 0 spiro atoms. The van der Waals surface area contributed by atoms with Crippen molar-refractivity contribution in [2.24, 2.45) is 5.41 Å². The third-order valence-electron chi connectivity index (χ3n) is 5.80. The van der Waals surface area contributed by atoms with Crippen molar-refractivity contribution >= 4 is 5.97 Å². The molecule has 0 aromatic heterocycles. The maximum Gasteiger partial charge on any atom is 0.311 e. The highest BCUT2D eigenvalue weighted by Crippen LogP contribution is 2.41. The quantitative estimate of drug-likeness (QED) is 0.585. The van der Waals surface area contributed by atoms with Gasteiger partial charge in [0.2, 0.25) is 0 Å². The van der Waals surface area contributed by atoms with Crippen LogP contribution in [0.2, 0.25) is 0 Å². The summed E-state index contributed by atoms with van der Waals surface area (Å²) in [5.41, 5.74) is 3.19. The number of carbonyl (C=O) groups is 1. The van der Waals surface area contributed by atoms with E-state index in [1.54, 1.807) is 12.1 Å². The van der Waals surface area contributed by atoms with Crippen LogP contribution >= 0.6 is 0 Å². The number of aromatic hydroxyl groups is 1. The van der Waals surface area contributed by atoms with Crippen molar-refractivity contribution in [1.82, 2.24) is 0 Å². The van der Waals surface area contributed by atoms with E-state index < -0.39 is 5.41 Å².